The lowest BCUT2D eigenvalue weighted by Crippen LogP contribution is -2.55. The van der Waals surface area contributed by atoms with Gasteiger partial charge in [-0.25, -0.2) is 13.6 Å². The molecule has 226 valence electrons. The molecule has 4 heteroatoms. The minimum atomic E-state index is -1.02. The fourth-order valence-electron chi connectivity index (χ4n) is 10.5. The summed E-state index contributed by atoms with van der Waals surface area (Å²) < 4.78 is 33.3. The quantitative estimate of drug-likeness (QED) is 0.253. The van der Waals surface area contributed by atoms with Crippen LogP contribution in [-0.4, -0.2) is 12.1 Å². The Morgan fingerprint density at radius 2 is 1.71 bits per heavy atom. The van der Waals surface area contributed by atoms with E-state index in [1.807, 2.05) is 0 Å². The van der Waals surface area contributed by atoms with Gasteiger partial charge >= 0.3 is 5.97 Å². The van der Waals surface area contributed by atoms with E-state index in [-0.39, 0.29) is 27.9 Å². The molecule has 0 saturated heterocycles. The molecule has 0 N–H and O–H groups in total. The maximum atomic E-state index is 13.8. The fourth-order valence-corrected chi connectivity index (χ4v) is 10.5. The third-order valence-corrected chi connectivity index (χ3v) is 13.0. The van der Waals surface area contributed by atoms with Gasteiger partial charge in [0.15, 0.2) is 11.6 Å². The summed E-state index contributed by atoms with van der Waals surface area (Å²) >= 11 is 0. The average Bonchev–Trinajstić information content (AvgIpc) is 3.18. The topological polar surface area (TPSA) is 26.3 Å². The molecule has 2 nitrogen and oxygen atoms in total. The van der Waals surface area contributed by atoms with Crippen molar-refractivity contribution in [3.63, 3.8) is 0 Å². The lowest BCUT2D eigenvalue weighted by molar-refractivity contribution is -0.104. The SMILES string of the molecule is CC(C)=CCC[C@@H](C)[C@H]1CC[C@@]2(C)C3=C(CC[C@]12C)[C@@]1(C)CC[C@H](OC(=O)c2ccc(F)c(F)c2)C(C)(C)C1CC3. The Balaban J connectivity index is 1.37. The maximum absolute atomic E-state index is 13.8. The molecule has 1 unspecified atom stereocenters. The summed E-state index contributed by atoms with van der Waals surface area (Å²) in [6, 6.07) is 3.26. The van der Waals surface area contributed by atoms with Crippen molar-refractivity contribution in [1.29, 1.82) is 0 Å². The molecule has 1 aromatic rings. The van der Waals surface area contributed by atoms with Gasteiger partial charge in [-0.15, -0.1) is 0 Å². The molecule has 0 aromatic heterocycles. The van der Waals surface area contributed by atoms with E-state index in [1.165, 1.54) is 50.2 Å². The second kappa shape index (κ2) is 10.6. The second-order valence-electron chi connectivity index (χ2n) is 15.6. The van der Waals surface area contributed by atoms with E-state index in [0.29, 0.717) is 11.3 Å². The Kier molecular flexibility index (Phi) is 7.91. The smallest absolute Gasteiger partial charge is 0.338 e. The monoisotopic (exact) mass is 566 g/mol. The van der Waals surface area contributed by atoms with Gasteiger partial charge in [0.05, 0.1) is 5.56 Å². The third-order valence-electron chi connectivity index (χ3n) is 13.0. The van der Waals surface area contributed by atoms with Gasteiger partial charge in [0.25, 0.3) is 0 Å². The zero-order valence-corrected chi connectivity index (χ0v) is 26.8. The number of carbonyl (C=O) groups is 1. The van der Waals surface area contributed by atoms with E-state index in [1.54, 1.807) is 11.1 Å². The standard InChI is InChI=1S/C37H52F2O2/c1-23(2)10-9-11-24(3)26-16-20-37(8)28-13-15-31-34(4,5)32(41-33(40)25-12-14-29(38)30(39)22-25)18-19-35(31,6)27(28)17-21-36(26,37)7/h10,12,14,22,24,26,31-32H,9,11,13,15-21H2,1-8H3/t24-,26-,31?,32+,35-,36-,37+/m1/s1. The third kappa shape index (κ3) is 4.84. The van der Waals surface area contributed by atoms with Gasteiger partial charge in [-0.1, -0.05) is 64.3 Å². The summed E-state index contributed by atoms with van der Waals surface area (Å²) in [4.78, 5) is 13.0. The molecule has 0 aliphatic heterocycles. The molecule has 0 amide bonds. The highest BCUT2D eigenvalue weighted by molar-refractivity contribution is 5.89. The summed E-state index contributed by atoms with van der Waals surface area (Å²) in [5, 5.41) is 0. The van der Waals surface area contributed by atoms with Crippen LogP contribution in [0.2, 0.25) is 0 Å². The number of allylic oxidation sites excluding steroid dienone is 4. The van der Waals surface area contributed by atoms with Crippen molar-refractivity contribution in [3.8, 4) is 0 Å². The first-order valence-corrected chi connectivity index (χ1v) is 16.2. The minimum Gasteiger partial charge on any atom is -0.458 e. The van der Waals surface area contributed by atoms with Crippen molar-refractivity contribution in [2.45, 2.75) is 126 Å². The van der Waals surface area contributed by atoms with Gasteiger partial charge in [-0.3, -0.25) is 0 Å². The molecule has 0 spiro atoms. The largest absolute Gasteiger partial charge is 0.458 e. The number of benzene rings is 1. The van der Waals surface area contributed by atoms with Gasteiger partial charge in [-0.05, 0) is 130 Å². The summed E-state index contributed by atoms with van der Waals surface area (Å²) in [6.45, 7) is 19.2. The maximum Gasteiger partial charge on any atom is 0.338 e. The number of halogens is 2. The van der Waals surface area contributed by atoms with Crippen molar-refractivity contribution in [2.75, 3.05) is 0 Å². The van der Waals surface area contributed by atoms with E-state index >= 15 is 0 Å². The highest BCUT2D eigenvalue weighted by Crippen LogP contribution is 2.72. The first kappa shape index (κ1) is 30.5. The zero-order valence-electron chi connectivity index (χ0n) is 26.8. The Morgan fingerprint density at radius 3 is 2.39 bits per heavy atom. The van der Waals surface area contributed by atoms with Gasteiger partial charge < -0.3 is 4.74 Å². The van der Waals surface area contributed by atoms with Crippen molar-refractivity contribution < 1.29 is 18.3 Å². The average molecular weight is 567 g/mol. The second-order valence-corrected chi connectivity index (χ2v) is 15.6. The Bertz CT molecular complexity index is 1260. The fraction of sp³-hybridized carbons (Fsp3) is 0.703. The van der Waals surface area contributed by atoms with Crippen LogP contribution >= 0.6 is 0 Å². The predicted octanol–water partition coefficient (Wildman–Crippen LogP) is 10.6. The van der Waals surface area contributed by atoms with Crippen LogP contribution in [0.3, 0.4) is 0 Å². The summed E-state index contributed by atoms with van der Waals surface area (Å²) in [7, 11) is 0. The molecule has 4 aliphatic carbocycles. The molecule has 0 bridgehead atoms. The predicted molar refractivity (Wildman–Crippen MR) is 162 cm³/mol. The summed E-state index contributed by atoms with van der Waals surface area (Å²) in [6.07, 6.45) is 13.8. The molecule has 2 fully saturated rings. The number of hydrogen-bond donors (Lipinski definition) is 0. The molecule has 7 atom stereocenters. The molecule has 4 aliphatic rings. The molecular formula is C37H52F2O2. The number of hydrogen-bond acceptors (Lipinski definition) is 2. The number of carbonyl (C=O) groups excluding carboxylic acids is 1. The van der Waals surface area contributed by atoms with Crippen molar-refractivity contribution in [1.82, 2.24) is 0 Å². The Labute approximate surface area is 247 Å². The number of rotatable bonds is 6. The van der Waals surface area contributed by atoms with E-state index in [4.69, 9.17) is 4.74 Å². The Hall–Kier alpha value is -1.97. The molecule has 1 aromatic carbocycles. The van der Waals surface area contributed by atoms with Crippen LogP contribution < -0.4 is 0 Å². The van der Waals surface area contributed by atoms with Crippen LogP contribution in [0.4, 0.5) is 8.78 Å². The summed E-state index contributed by atoms with van der Waals surface area (Å²) in [5.41, 5.74) is 5.53. The van der Waals surface area contributed by atoms with Crippen LogP contribution in [0.1, 0.15) is 130 Å². The van der Waals surface area contributed by atoms with Gasteiger partial charge in [0.1, 0.15) is 6.10 Å². The molecular weight excluding hydrogens is 514 g/mol. The van der Waals surface area contributed by atoms with Crippen LogP contribution in [0.5, 0.6) is 0 Å². The van der Waals surface area contributed by atoms with Crippen LogP contribution in [0, 0.1) is 51.0 Å². The molecule has 0 radical (unpaired) electrons. The van der Waals surface area contributed by atoms with Gasteiger partial charge in [0, 0.05) is 5.41 Å². The normalized spacial score (nSPS) is 36.6. The Morgan fingerprint density at radius 1 is 0.976 bits per heavy atom. The molecule has 2 saturated carbocycles. The van der Waals surface area contributed by atoms with Gasteiger partial charge in [-0.2, -0.15) is 0 Å². The van der Waals surface area contributed by atoms with Crippen molar-refractivity contribution in [2.24, 2.45) is 39.4 Å². The van der Waals surface area contributed by atoms with E-state index in [2.05, 4.69) is 61.5 Å². The molecule has 5 rings (SSSR count). The van der Waals surface area contributed by atoms with Crippen LogP contribution in [0.15, 0.2) is 41.0 Å². The lowest BCUT2D eigenvalue weighted by atomic mass is 9.43. The van der Waals surface area contributed by atoms with Crippen molar-refractivity contribution in [3.05, 3.63) is 58.2 Å². The molecule has 0 heterocycles. The van der Waals surface area contributed by atoms with E-state index < -0.39 is 17.6 Å². The zero-order chi connectivity index (χ0) is 30.0. The molecule has 41 heavy (non-hydrogen) atoms. The highest BCUT2D eigenvalue weighted by atomic mass is 19.2. The van der Waals surface area contributed by atoms with Crippen LogP contribution in [-0.2, 0) is 4.74 Å². The van der Waals surface area contributed by atoms with Gasteiger partial charge in [0.2, 0.25) is 0 Å². The van der Waals surface area contributed by atoms with E-state index in [0.717, 1.165) is 49.7 Å². The van der Waals surface area contributed by atoms with Crippen LogP contribution in [0.25, 0.3) is 0 Å². The lowest BCUT2D eigenvalue weighted by Gasteiger charge is -2.62. The number of ether oxygens (including phenoxy) is 1. The summed E-state index contributed by atoms with van der Waals surface area (Å²) in [5.74, 6) is -0.594. The first-order chi connectivity index (χ1) is 19.1. The number of esters is 1. The number of fused-ring (bicyclic) bond motifs is 4. The highest BCUT2D eigenvalue weighted by Gasteiger charge is 2.63. The first-order valence-electron chi connectivity index (χ1n) is 16.2. The van der Waals surface area contributed by atoms with Crippen molar-refractivity contribution >= 4 is 5.97 Å². The van der Waals surface area contributed by atoms with E-state index in [9.17, 15) is 13.6 Å². The minimum absolute atomic E-state index is 0.0760.